The van der Waals surface area contributed by atoms with E-state index in [4.69, 9.17) is 0 Å². The Bertz CT molecular complexity index is 261. The fraction of sp³-hybridized carbons (Fsp3) is 0.182. The van der Waals surface area contributed by atoms with Crippen LogP contribution in [0.1, 0.15) is 12.5 Å². The third-order valence-electron chi connectivity index (χ3n) is 1.35. The first-order valence-electron chi connectivity index (χ1n) is 3.62. The summed E-state index contributed by atoms with van der Waals surface area (Å²) in [4.78, 5) is 4.02. The van der Waals surface area contributed by atoms with Crippen LogP contribution in [0, 0.1) is 14.9 Å². The van der Waals surface area contributed by atoms with Crippen molar-refractivity contribution in [3.05, 3.63) is 44.7 Å². The molecule has 1 aromatic rings. The third-order valence-corrected chi connectivity index (χ3v) is 1.35. The molecule has 85 valence electrons. The van der Waals surface area contributed by atoms with Crippen molar-refractivity contribution >= 4 is 6.21 Å². The van der Waals surface area contributed by atoms with Crippen LogP contribution >= 0.6 is 0 Å². The van der Waals surface area contributed by atoms with Crippen LogP contribution in [0.2, 0.25) is 0 Å². The first kappa shape index (κ1) is 19.1. The van der Waals surface area contributed by atoms with Crippen LogP contribution in [-0.4, -0.2) is 17.9 Å². The Balaban J connectivity index is -0.000000403. The topological polar surface area (TPSA) is 32.6 Å². The Hall–Kier alpha value is -0.570. The Labute approximate surface area is 103 Å². The molecular weight excluding hydrogens is 359 g/mol. The minimum absolute atomic E-state index is 0. The number of rotatable bonds is 2. The molecule has 0 bridgehead atoms. The Morgan fingerprint density at radius 1 is 1.29 bits per heavy atom. The van der Waals surface area contributed by atoms with Gasteiger partial charge in [0, 0.05) is 40.7 Å². The molecule has 0 aromatic heterocycles. The summed E-state index contributed by atoms with van der Waals surface area (Å²) in [5, 5.41) is 9.25. The van der Waals surface area contributed by atoms with Crippen LogP contribution in [0.3, 0.4) is 0 Å². The van der Waals surface area contributed by atoms with E-state index in [0.717, 1.165) is 12.1 Å². The van der Waals surface area contributed by atoms with Crippen molar-refractivity contribution in [2.45, 2.75) is 6.92 Å². The number of phenols is 1. The molecule has 0 unspecified atom stereocenters. The van der Waals surface area contributed by atoms with Gasteiger partial charge in [-0.05, 0) is 19.1 Å². The van der Waals surface area contributed by atoms with Crippen LogP contribution in [0.5, 0.6) is 5.75 Å². The molecule has 0 spiro atoms. The molecule has 0 saturated carbocycles. The van der Waals surface area contributed by atoms with Crippen LogP contribution in [-0.2, 0) is 22.4 Å². The first-order chi connectivity index (χ1) is 5.34. The summed E-state index contributed by atoms with van der Waals surface area (Å²) >= 11 is 0. The molecule has 0 amide bonds. The van der Waals surface area contributed by atoms with Crippen molar-refractivity contribution in [3.63, 3.8) is 0 Å². The van der Waals surface area contributed by atoms with Gasteiger partial charge in [-0.3, -0.25) is 4.99 Å². The van der Waals surface area contributed by atoms with Crippen LogP contribution in [0.25, 0.3) is 0 Å². The van der Waals surface area contributed by atoms with Gasteiger partial charge >= 0.3 is 0 Å². The van der Waals surface area contributed by atoms with E-state index in [-0.39, 0.29) is 43.0 Å². The van der Waals surface area contributed by atoms with Gasteiger partial charge in [-0.15, -0.1) is 0 Å². The maximum Gasteiger partial charge on any atom is 0.124 e. The van der Waals surface area contributed by atoms with Gasteiger partial charge < -0.3 is 20.0 Å². The number of aliphatic imine (C=N–C) groups is 1. The zero-order valence-corrected chi connectivity index (χ0v) is 11.0. The zero-order valence-electron chi connectivity index (χ0n) is 8.79. The largest absolute Gasteiger partial charge is 0.507 e. The van der Waals surface area contributed by atoms with Gasteiger partial charge in [0.05, 0.1) is 0 Å². The summed E-state index contributed by atoms with van der Waals surface area (Å²) in [6.45, 7) is 2.70. The summed E-state index contributed by atoms with van der Waals surface area (Å²) < 4.78 is 0. The molecule has 1 N–H and O–H groups in total. The number of aromatic hydroxyl groups is 1. The second kappa shape index (κ2) is 10.5. The summed E-state index contributed by atoms with van der Waals surface area (Å²) in [5.74, 6) is 0.282. The monoisotopic (exact) mass is 376 g/mol. The normalized spacial score (nSPS) is 8.36. The molecule has 1 radical (unpaired) electrons. The number of phenolic OH excluding ortho intramolecular Hbond substituents is 1. The second-order valence-corrected chi connectivity index (χ2v) is 2.19. The van der Waals surface area contributed by atoms with Crippen LogP contribution in [0.15, 0.2) is 29.3 Å². The van der Waals surface area contributed by atoms with Gasteiger partial charge in [0.25, 0.3) is 0 Å². The van der Waals surface area contributed by atoms with Gasteiger partial charge in [0.15, 0.2) is 0 Å². The van der Waals surface area contributed by atoms with E-state index in [9.17, 15) is 5.11 Å². The van der Waals surface area contributed by atoms with Crippen molar-refractivity contribution in [2.24, 2.45) is 4.99 Å². The van der Waals surface area contributed by atoms with E-state index in [1.165, 1.54) is 0 Å². The maximum atomic E-state index is 9.25. The van der Waals surface area contributed by atoms with Crippen molar-refractivity contribution in [1.29, 1.82) is 0 Å². The number of benzene rings is 1. The second-order valence-electron chi connectivity index (χ2n) is 2.19. The van der Waals surface area contributed by atoms with Crippen molar-refractivity contribution in [1.82, 2.24) is 0 Å². The Morgan fingerprint density at radius 3 is 2.36 bits per heavy atom. The summed E-state index contributed by atoms with van der Waals surface area (Å²) in [6, 6.07) is 7.14. The van der Waals surface area contributed by atoms with E-state index in [1.54, 1.807) is 18.3 Å². The average molecular weight is 376 g/mol. The smallest absolute Gasteiger partial charge is 0.124 e. The third kappa shape index (κ3) is 5.97. The van der Waals surface area contributed by atoms with Crippen molar-refractivity contribution in [2.75, 3.05) is 6.54 Å². The van der Waals surface area contributed by atoms with Gasteiger partial charge in [-0.25, -0.2) is 0 Å². The van der Waals surface area contributed by atoms with Crippen LogP contribution in [0.4, 0.5) is 0 Å². The standard InChI is InChI=1S/C9H11NO.2CH3.Au/c1-2-10-7-8-5-3-4-6-9(8)11;;;/h3-7,11H,2H2,1H3;2*1H3;/q;2*-1;. The summed E-state index contributed by atoms with van der Waals surface area (Å²) in [7, 11) is 0. The molecule has 0 atom stereocenters. The number of para-hydroxylation sites is 1. The summed E-state index contributed by atoms with van der Waals surface area (Å²) in [5.41, 5.74) is 0.773. The number of hydrogen-bond donors (Lipinski definition) is 1. The van der Waals surface area contributed by atoms with Gasteiger partial charge in [-0.1, -0.05) is 12.1 Å². The van der Waals surface area contributed by atoms with Gasteiger partial charge in [-0.2, -0.15) is 0 Å². The van der Waals surface area contributed by atoms with Gasteiger partial charge in [0.1, 0.15) is 5.75 Å². The van der Waals surface area contributed by atoms with E-state index < -0.39 is 0 Å². The molecule has 1 aromatic carbocycles. The average Bonchev–Trinajstić information content (AvgIpc) is 2.03. The van der Waals surface area contributed by atoms with Gasteiger partial charge in [0.2, 0.25) is 0 Å². The molecule has 14 heavy (non-hydrogen) atoms. The van der Waals surface area contributed by atoms with Crippen LogP contribution < -0.4 is 0 Å². The molecule has 0 aliphatic rings. The first-order valence-corrected chi connectivity index (χ1v) is 3.62. The maximum absolute atomic E-state index is 9.25. The molecule has 1 rings (SSSR count). The van der Waals surface area contributed by atoms with E-state index in [1.807, 2.05) is 19.1 Å². The Kier molecular flexibility index (Phi) is 14.3. The molecule has 0 aliphatic heterocycles. The zero-order chi connectivity index (χ0) is 8.10. The minimum atomic E-state index is 0. The fourth-order valence-electron chi connectivity index (χ4n) is 0.786. The molecular formula is C11H17AuNO-2. The quantitative estimate of drug-likeness (QED) is 0.481. The molecule has 0 saturated heterocycles. The molecule has 0 heterocycles. The van der Waals surface area contributed by atoms with E-state index in [0.29, 0.717) is 0 Å². The molecule has 0 aliphatic carbocycles. The SMILES string of the molecule is CCN=Cc1ccccc1O.[Au].[CH3-].[CH3-]. The molecule has 0 fully saturated rings. The van der Waals surface area contributed by atoms with Crippen molar-refractivity contribution in [3.8, 4) is 5.75 Å². The van der Waals surface area contributed by atoms with Crippen molar-refractivity contribution < 1.29 is 27.5 Å². The number of nitrogens with zero attached hydrogens (tertiary/aromatic N) is 1. The summed E-state index contributed by atoms with van der Waals surface area (Å²) in [6.07, 6.45) is 1.68. The fourth-order valence-corrected chi connectivity index (χ4v) is 0.786. The molecule has 3 heteroatoms. The Morgan fingerprint density at radius 2 is 1.86 bits per heavy atom. The van der Waals surface area contributed by atoms with E-state index >= 15 is 0 Å². The minimum Gasteiger partial charge on any atom is -0.507 e. The van der Waals surface area contributed by atoms with E-state index in [2.05, 4.69) is 4.99 Å². The predicted molar refractivity (Wildman–Crippen MR) is 59.1 cm³/mol. The molecule has 2 nitrogen and oxygen atoms in total. The predicted octanol–water partition coefficient (Wildman–Crippen LogP) is 2.73. The number of hydrogen-bond acceptors (Lipinski definition) is 2.